The fraction of sp³-hybridized carbons (Fsp3) is 0.333. The molecule has 1 atom stereocenters. The van der Waals surface area contributed by atoms with Gasteiger partial charge in [-0.2, -0.15) is 0 Å². The average Bonchev–Trinajstić information content (AvgIpc) is 3.26. The van der Waals surface area contributed by atoms with Crippen LogP contribution in [0.1, 0.15) is 22.5 Å². The first kappa shape index (κ1) is 23.6. The number of rotatable bonds is 6. The second kappa shape index (κ2) is 9.76. The summed E-state index contributed by atoms with van der Waals surface area (Å²) in [5.74, 6) is -3.16. The van der Waals surface area contributed by atoms with Crippen LogP contribution < -0.4 is 10.5 Å². The molecule has 34 heavy (non-hydrogen) atoms. The molecule has 0 radical (unpaired) electrons. The van der Waals surface area contributed by atoms with Gasteiger partial charge in [0.1, 0.15) is 5.82 Å². The number of hydrogen-bond acceptors (Lipinski definition) is 5. The summed E-state index contributed by atoms with van der Waals surface area (Å²) >= 11 is 0. The van der Waals surface area contributed by atoms with Crippen LogP contribution >= 0.6 is 0 Å². The maximum absolute atomic E-state index is 13.8. The van der Waals surface area contributed by atoms with Crippen molar-refractivity contribution in [2.45, 2.75) is 18.9 Å². The first-order valence-electron chi connectivity index (χ1n) is 10.8. The highest BCUT2D eigenvalue weighted by Gasteiger charge is 2.28. The van der Waals surface area contributed by atoms with Gasteiger partial charge in [-0.25, -0.2) is 13.2 Å². The highest BCUT2D eigenvalue weighted by Crippen LogP contribution is 2.29. The number of carbonyl (C=O) groups is 2. The lowest BCUT2D eigenvalue weighted by Crippen LogP contribution is -2.51. The Morgan fingerprint density at radius 2 is 1.71 bits per heavy atom. The second-order valence-corrected chi connectivity index (χ2v) is 8.19. The van der Waals surface area contributed by atoms with Crippen molar-refractivity contribution >= 4 is 22.8 Å². The van der Waals surface area contributed by atoms with Crippen molar-refractivity contribution < 1.29 is 31.9 Å². The topological polar surface area (TPSA) is 89.0 Å². The Labute approximate surface area is 193 Å². The van der Waals surface area contributed by atoms with Crippen LogP contribution in [0.3, 0.4) is 0 Å². The van der Waals surface area contributed by atoms with Crippen molar-refractivity contribution in [2.75, 3.05) is 33.3 Å². The predicted molar refractivity (Wildman–Crippen MR) is 118 cm³/mol. The van der Waals surface area contributed by atoms with Crippen molar-refractivity contribution in [3.8, 4) is 5.75 Å². The summed E-state index contributed by atoms with van der Waals surface area (Å²) in [4.78, 5) is 28.7. The first-order valence-corrected chi connectivity index (χ1v) is 10.8. The number of halogens is 3. The highest BCUT2D eigenvalue weighted by atomic mass is 19.2. The molecule has 1 fully saturated rings. The van der Waals surface area contributed by atoms with Gasteiger partial charge in [0.25, 0.3) is 5.91 Å². The molecule has 7 nitrogen and oxygen atoms in total. The lowest BCUT2D eigenvalue weighted by atomic mass is 10.0. The van der Waals surface area contributed by atoms with Gasteiger partial charge in [-0.3, -0.25) is 9.59 Å². The maximum atomic E-state index is 13.8. The predicted octanol–water partition coefficient (Wildman–Crippen LogP) is 3.10. The molecule has 1 saturated heterocycles. The van der Waals surface area contributed by atoms with Crippen LogP contribution in [0.25, 0.3) is 11.0 Å². The van der Waals surface area contributed by atoms with Gasteiger partial charge >= 0.3 is 0 Å². The lowest BCUT2D eigenvalue weighted by molar-refractivity contribution is -0.133. The smallest absolute Gasteiger partial charge is 0.289 e. The quantitative estimate of drug-likeness (QED) is 0.554. The summed E-state index contributed by atoms with van der Waals surface area (Å²) < 4.78 is 51.3. The van der Waals surface area contributed by atoms with E-state index in [1.165, 1.54) is 7.11 Å². The third kappa shape index (κ3) is 4.86. The molecule has 3 aromatic rings. The number of hydrogen-bond donors (Lipinski definition) is 1. The molecule has 4 rings (SSSR count). The number of amides is 2. The Kier molecular flexibility index (Phi) is 6.78. The minimum Gasteiger partial charge on any atom is -0.493 e. The van der Waals surface area contributed by atoms with E-state index < -0.39 is 23.5 Å². The van der Waals surface area contributed by atoms with E-state index in [-0.39, 0.29) is 36.0 Å². The Morgan fingerprint density at radius 1 is 1.03 bits per heavy atom. The molecule has 2 N–H and O–H groups in total. The summed E-state index contributed by atoms with van der Waals surface area (Å²) in [6.45, 7) is 1.23. The molecule has 180 valence electrons. The number of furan rings is 1. The van der Waals surface area contributed by atoms with E-state index in [1.54, 1.807) is 28.0 Å². The van der Waals surface area contributed by atoms with E-state index in [4.69, 9.17) is 14.9 Å². The molecule has 0 aliphatic carbocycles. The summed E-state index contributed by atoms with van der Waals surface area (Å²) in [5, 5.41) is 0.753. The van der Waals surface area contributed by atoms with Crippen molar-refractivity contribution in [3.63, 3.8) is 0 Å². The van der Waals surface area contributed by atoms with Crippen molar-refractivity contribution in [1.29, 1.82) is 0 Å². The van der Waals surface area contributed by atoms with Crippen LogP contribution in [0.4, 0.5) is 13.2 Å². The Hall–Kier alpha value is -3.53. The van der Waals surface area contributed by atoms with Crippen LogP contribution in [0.5, 0.6) is 5.75 Å². The molecule has 0 saturated carbocycles. The molecule has 2 heterocycles. The zero-order valence-electron chi connectivity index (χ0n) is 18.5. The lowest BCUT2D eigenvalue weighted by Gasteiger charge is -2.34. The molecule has 1 aliphatic heterocycles. The SMILES string of the molecule is COc1cccc2cc(C(=O)N3CCN(C(=O)C[C@H](N)Cc4cc(F)c(F)cc4F)CC3)oc12. The third-order valence-electron chi connectivity index (χ3n) is 5.87. The van der Waals surface area contributed by atoms with Gasteiger partial charge in [0.2, 0.25) is 5.91 Å². The molecule has 2 amide bonds. The van der Waals surface area contributed by atoms with Crippen LogP contribution in [0.2, 0.25) is 0 Å². The van der Waals surface area contributed by atoms with Crippen molar-refractivity contribution in [1.82, 2.24) is 9.80 Å². The first-order chi connectivity index (χ1) is 16.3. The molecular weight excluding hydrogens is 451 g/mol. The Morgan fingerprint density at radius 3 is 2.41 bits per heavy atom. The zero-order chi connectivity index (χ0) is 24.4. The summed E-state index contributed by atoms with van der Waals surface area (Å²) in [7, 11) is 1.52. The van der Waals surface area contributed by atoms with Crippen LogP contribution in [-0.4, -0.2) is 60.9 Å². The number of benzene rings is 2. The molecule has 10 heteroatoms. The molecular formula is C24H24F3N3O4. The maximum Gasteiger partial charge on any atom is 0.289 e. The van der Waals surface area contributed by atoms with Crippen molar-refractivity contribution in [2.24, 2.45) is 5.73 Å². The number of nitrogens with two attached hydrogens (primary N) is 1. The van der Waals surface area contributed by atoms with Gasteiger partial charge in [0.05, 0.1) is 7.11 Å². The molecule has 0 bridgehead atoms. The molecule has 0 spiro atoms. The van der Waals surface area contributed by atoms with Gasteiger partial charge in [-0.15, -0.1) is 0 Å². The number of para-hydroxylation sites is 1. The van der Waals surface area contributed by atoms with Crippen molar-refractivity contribution in [3.05, 3.63) is 65.2 Å². The standard InChI is InChI=1S/C24H24F3N3O4/c1-33-20-4-2-3-14-11-21(34-23(14)20)24(32)30-7-5-29(6-8-30)22(31)12-16(28)9-15-10-18(26)19(27)13-17(15)25/h2-4,10-11,13,16H,5-9,12,28H2,1H3/t16-/m1/s1. The number of ether oxygens (including phenoxy) is 1. The van der Waals surface area contributed by atoms with Gasteiger partial charge in [0, 0.05) is 50.1 Å². The number of carbonyl (C=O) groups excluding carboxylic acids is 2. The normalized spacial score (nSPS) is 15.0. The monoisotopic (exact) mass is 475 g/mol. The van der Waals surface area contributed by atoms with Gasteiger partial charge in [-0.05, 0) is 30.2 Å². The third-order valence-corrected chi connectivity index (χ3v) is 5.87. The summed E-state index contributed by atoms with van der Waals surface area (Å²) in [5.41, 5.74) is 6.37. The highest BCUT2D eigenvalue weighted by molar-refractivity contribution is 5.97. The number of piperazine rings is 1. The van der Waals surface area contributed by atoms with Gasteiger partial charge in [0.15, 0.2) is 28.7 Å². The van der Waals surface area contributed by atoms with Crippen LogP contribution in [-0.2, 0) is 11.2 Å². The van der Waals surface area contributed by atoms with E-state index in [0.717, 1.165) is 11.5 Å². The minimum absolute atomic E-state index is 0.0860. The number of nitrogens with zero attached hydrogens (tertiary/aromatic N) is 2. The van der Waals surface area contributed by atoms with Gasteiger partial charge < -0.3 is 24.7 Å². The minimum atomic E-state index is -1.28. The number of methoxy groups -OCH3 is 1. The fourth-order valence-corrected chi connectivity index (χ4v) is 4.05. The van der Waals surface area contributed by atoms with E-state index in [2.05, 4.69) is 0 Å². The van der Waals surface area contributed by atoms with E-state index in [9.17, 15) is 22.8 Å². The average molecular weight is 475 g/mol. The zero-order valence-corrected chi connectivity index (χ0v) is 18.5. The van der Waals surface area contributed by atoms with Crippen LogP contribution in [0, 0.1) is 17.5 Å². The van der Waals surface area contributed by atoms with E-state index >= 15 is 0 Å². The fourth-order valence-electron chi connectivity index (χ4n) is 4.05. The second-order valence-electron chi connectivity index (χ2n) is 8.19. The Balaban J connectivity index is 1.32. The summed E-state index contributed by atoms with van der Waals surface area (Å²) in [6, 6.07) is 7.49. The van der Waals surface area contributed by atoms with E-state index in [1.807, 2.05) is 6.07 Å². The molecule has 1 aliphatic rings. The molecule has 0 unspecified atom stereocenters. The Bertz CT molecular complexity index is 1220. The van der Waals surface area contributed by atoms with E-state index in [0.29, 0.717) is 43.6 Å². The van der Waals surface area contributed by atoms with Crippen LogP contribution in [0.15, 0.2) is 40.8 Å². The largest absolute Gasteiger partial charge is 0.493 e. The molecule has 1 aromatic heterocycles. The van der Waals surface area contributed by atoms with Gasteiger partial charge in [-0.1, -0.05) is 12.1 Å². The number of fused-ring (bicyclic) bond motifs is 1. The summed E-state index contributed by atoms with van der Waals surface area (Å²) in [6.07, 6.45) is -0.196. The molecule has 2 aromatic carbocycles.